The second-order valence-corrected chi connectivity index (χ2v) is 9.75. The van der Waals surface area contributed by atoms with Crippen LogP contribution in [-0.2, 0) is 14.8 Å². The zero-order chi connectivity index (χ0) is 23.4. The lowest BCUT2D eigenvalue weighted by Gasteiger charge is -2.29. The summed E-state index contributed by atoms with van der Waals surface area (Å²) in [4.78, 5) is 14.3. The highest BCUT2D eigenvalue weighted by molar-refractivity contribution is 7.93. The highest BCUT2D eigenvalue weighted by Crippen LogP contribution is 2.34. The second kappa shape index (κ2) is 9.43. The Hall–Kier alpha value is -3.70. The molecule has 4 rings (SSSR count). The molecule has 0 heterocycles. The zero-order valence-electron chi connectivity index (χ0n) is 18.5. The highest BCUT2D eigenvalue weighted by Gasteiger charge is 2.37. The predicted octanol–water partition coefficient (Wildman–Crippen LogP) is 5.86. The van der Waals surface area contributed by atoms with Crippen LogP contribution in [0.4, 0.5) is 5.69 Å². The Morgan fingerprint density at radius 3 is 1.70 bits per heavy atom. The Labute approximate surface area is 195 Å². The number of aryl methyl sites for hydroxylation is 2. The van der Waals surface area contributed by atoms with Crippen LogP contribution in [-0.4, -0.2) is 14.3 Å². The van der Waals surface area contributed by atoms with Gasteiger partial charge in [-0.05, 0) is 54.3 Å². The van der Waals surface area contributed by atoms with E-state index in [1.807, 2.05) is 86.6 Å². The molecular weight excluding hydrogens is 430 g/mol. The van der Waals surface area contributed by atoms with E-state index in [-0.39, 0.29) is 4.90 Å². The van der Waals surface area contributed by atoms with E-state index in [2.05, 4.69) is 0 Å². The summed E-state index contributed by atoms with van der Waals surface area (Å²) in [5.41, 5.74) is 3.39. The van der Waals surface area contributed by atoms with Gasteiger partial charge in [-0.2, -0.15) is 0 Å². The van der Waals surface area contributed by atoms with Crippen molar-refractivity contribution < 1.29 is 13.2 Å². The Morgan fingerprint density at radius 2 is 1.18 bits per heavy atom. The average Bonchev–Trinajstić information content (AvgIpc) is 2.83. The first-order chi connectivity index (χ1) is 15.9. The molecule has 0 saturated carbocycles. The van der Waals surface area contributed by atoms with E-state index in [4.69, 9.17) is 0 Å². The minimum atomic E-state index is -4.17. The molecule has 1 amide bonds. The van der Waals surface area contributed by atoms with Gasteiger partial charge in [0, 0.05) is 0 Å². The van der Waals surface area contributed by atoms with Gasteiger partial charge in [0.05, 0.1) is 16.5 Å². The normalized spacial score (nSPS) is 11.4. The third-order valence-corrected chi connectivity index (χ3v) is 7.30. The first-order valence-corrected chi connectivity index (χ1v) is 12.1. The van der Waals surface area contributed by atoms with Crippen LogP contribution < -0.4 is 4.31 Å². The van der Waals surface area contributed by atoms with Crippen LogP contribution in [0.15, 0.2) is 114 Å². The quantitative estimate of drug-likeness (QED) is 0.366. The SMILES string of the molecule is Cc1ccc(C)c(N(C(=O)C(c2ccccc2)c2ccccc2)S(=O)(=O)c2ccccc2)c1. The monoisotopic (exact) mass is 455 g/mol. The van der Waals surface area contributed by atoms with Crippen molar-refractivity contribution in [3.05, 3.63) is 131 Å². The summed E-state index contributed by atoms with van der Waals surface area (Å²) in [5.74, 6) is -1.31. The lowest BCUT2D eigenvalue weighted by Crippen LogP contribution is -2.41. The molecule has 0 spiro atoms. The molecule has 5 heteroatoms. The van der Waals surface area contributed by atoms with Crippen molar-refractivity contribution >= 4 is 21.6 Å². The van der Waals surface area contributed by atoms with E-state index in [1.54, 1.807) is 24.3 Å². The van der Waals surface area contributed by atoms with Crippen LogP contribution in [0.5, 0.6) is 0 Å². The maximum absolute atomic E-state index is 14.3. The summed E-state index contributed by atoms with van der Waals surface area (Å²) >= 11 is 0. The smallest absolute Gasteiger partial charge is 0.270 e. The minimum absolute atomic E-state index is 0.0686. The van der Waals surface area contributed by atoms with Crippen molar-refractivity contribution in [3.63, 3.8) is 0 Å². The molecule has 0 radical (unpaired) electrons. The zero-order valence-corrected chi connectivity index (χ0v) is 19.4. The number of anilines is 1. The number of amides is 1. The minimum Gasteiger partial charge on any atom is -0.272 e. The summed E-state index contributed by atoms with van der Waals surface area (Å²) in [6.07, 6.45) is 0. The molecule has 4 aromatic carbocycles. The third-order valence-electron chi connectivity index (χ3n) is 5.58. The van der Waals surface area contributed by atoms with Crippen LogP contribution in [0.2, 0.25) is 0 Å². The summed E-state index contributed by atoms with van der Waals surface area (Å²) < 4.78 is 28.8. The van der Waals surface area contributed by atoms with Crippen molar-refractivity contribution in [2.24, 2.45) is 0 Å². The standard InChI is InChI=1S/C28H25NO3S/c1-21-18-19-22(2)26(20-21)29(33(31,32)25-16-10-5-11-17-25)28(30)27(23-12-6-3-7-13-23)24-14-8-4-9-15-24/h3-20,27H,1-2H3. The van der Waals surface area contributed by atoms with E-state index in [0.717, 1.165) is 21.0 Å². The predicted molar refractivity (Wildman–Crippen MR) is 132 cm³/mol. The fourth-order valence-corrected chi connectivity index (χ4v) is 5.40. The maximum Gasteiger partial charge on any atom is 0.270 e. The van der Waals surface area contributed by atoms with E-state index < -0.39 is 21.8 Å². The summed E-state index contributed by atoms with van der Waals surface area (Å²) in [5, 5.41) is 0. The van der Waals surface area contributed by atoms with Crippen molar-refractivity contribution in [2.45, 2.75) is 24.7 Å². The third kappa shape index (κ3) is 4.59. The number of nitrogens with zero attached hydrogens (tertiary/aromatic N) is 1. The topological polar surface area (TPSA) is 54.5 Å². The van der Waals surface area contributed by atoms with Gasteiger partial charge in [-0.15, -0.1) is 0 Å². The molecule has 0 unspecified atom stereocenters. The largest absolute Gasteiger partial charge is 0.272 e. The number of hydrogen-bond donors (Lipinski definition) is 0. The van der Waals surface area contributed by atoms with Gasteiger partial charge in [0.15, 0.2) is 0 Å². The Balaban J connectivity index is 1.96. The number of sulfonamides is 1. The van der Waals surface area contributed by atoms with Gasteiger partial charge in [-0.1, -0.05) is 91.0 Å². The van der Waals surface area contributed by atoms with Gasteiger partial charge in [-0.25, -0.2) is 12.7 Å². The van der Waals surface area contributed by atoms with Crippen LogP contribution in [0.25, 0.3) is 0 Å². The van der Waals surface area contributed by atoms with Crippen molar-refractivity contribution in [3.8, 4) is 0 Å². The van der Waals surface area contributed by atoms with Gasteiger partial charge >= 0.3 is 0 Å². The van der Waals surface area contributed by atoms with E-state index in [9.17, 15) is 13.2 Å². The lowest BCUT2D eigenvalue weighted by atomic mass is 9.90. The van der Waals surface area contributed by atoms with E-state index in [1.165, 1.54) is 12.1 Å². The first kappa shape index (κ1) is 22.5. The number of carbonyl (C=O) groups is 1. The van der Waals surface area contributed by atoms with Crippen molar-refractivity contribution in [2.75, 3.05) is 4.31 Å². The maximum atomic E-state index is 14.3. The van der Waals surface area contributed by atoms with Crippen LogP contribution >= 0.6 is 0 Å². The number of benzene rings is 4. The number of rotatable bonds is 6. The second-order valence-electron chi connectivity index (χ2n) is 7.97. The molecular formula is C28H25NO3S. The first-order valence-electron chi connectivity index (χ1n) is 10.7. The molecule has 0 aromatic heterocycles. The molecule has 0 bridgehead atoms. The Bertz CT molecular complexity index is 1310. The lowest BCUT2D eigenvalue weighted by molar-refractivity contribution is -0.118. The Kier molecular flexibility index (Phi) is 6.43. The molecule has 33 heavy (non-hydrogen) atoms. The van der Waals surface area contributed by atoms with Crippen LogP contribution in [0, 0.1) is 13.8 Å². The van der Waals surface area contributed by atoms with E-state index >= 15 is 0 Å². The molecule has 0 N–H and O–H groups in total. The summed E-state index contributed by atoms with van der Waals surface area (Å²) in [6, 6.07) is 32.2. The molecule has 4 nitrogen and oxygen atoms in total. The molecule has 0 fully saturated rings. The molecule has 0 aliphatic carbocycles. The van der Waals surface area contributed by atoms with Crippen LogP contribution in [0.1, 0.15) is 28.2 Å². The molecule has 0 atom stereocenters. The molecule has 0 saturated heterocycles. The van der Waals surface area contributed by atoms with Gasteiger partial charge in [0.2, 0.25) is 0 Å². The van der Waals surface area contributed by atoms with Crippen molar-refractivity contribution in [1.82, 2.24) is 0 Å². The van der Waals surface area contributed by atoms with Gasteiger partial charge in [0.1, 0.15) is 0 Å². The van der Waals surface area contributed by atoms with E-state index in [0.29, 0.717) is 11.3 Å². The fraction of sp³-hybridized carbons (Fsp3) is 0.107. The fourth-order valence-electron chi connectivity index (χ4n) is 3.89. The summed E-state index contributed by atoms with van der Waals surface area (Å²) in [6.45, 7) is 3.70. The van der Waals surface area contributed by atoms with Crippen LogP contribution in [0.3, 0.4) is 0 Å². The van der Waals surface area contributed by atoms with Gasteiger partial charge in [-0.3, -0.25) is 4.79 Å². The number of hydrogen-bond acceptors (Lipinski definition) is 3. The Morgan fingerprint density at radius 1 is 0.697 bits per heavy atom. The number of carbonyl (C=O) groups excluding carboxylic acids is 1. The molecule has 166 valence electrons. The summed E-state index contributed by atoms with van der Waals surface area (Å²) in [7, 11) is -4.17. The average molecular weight is 456 g/mol. The molecule has 4 aromatic rings. The van der Waals surface area contributed by atoms with Gasteiger partial charge < -0.3 is 0 Å². The van der Waals surface area contributed by atoms with Crippen molar-refractivity contribution in [1.29, 1.82) is 0 Å². The molecule has 0 aliphatic heterocycles. The molecule has 0 aliphatic rings. The van der Waals surface area contributed by atoms with Gasteiger partial charge in [0.25, 0.3) is 15.9 Å². The highest BCUT2D eigenvalue weighted by atomic mass is 32.2.